The van der Waals surface area contributed by atoms with Gasteiger partial charge in [-0.25, -0.2) is 9.55 Å². The van der Waals surface area contributed by atoms with Crippen molar-refractivity contribution in [1.29, 1.82) is 0 Å². The minimum atomic E-state index is -0.237. The lowest BCUT2D eigenvalue weighted by molar-refractivity contribution is 0.309. The number of pyridine rings is 1. The number of fused-ring (bicyclic) bond motifs is 1. The zero-order valence-electron chi connectivity index (χ0n) is 18.8. The molecule has 7 nitrogen and oxygen atoms in total. The molecule has 0 aliphatic heterocycles. The molecule has 0 spiro atoms. The fraction of sp³-hybridized carbons (Fsp3) is 0.200. The van der Waals surface area contributed by atoms with Crippen LogP contribution < -0.4 is 9.61 Å². The maximum absolute atomic E-state index is 11.6. The van der Waals surface area contributed by atoms with Crippen molar-refractivity contribution in [2.75, 3.05) is 6.61 Å². The molecule has 0 aliphatic rings. The van der Waals surface area contributed by atoms with Gasteiger partial charge in [0.05, 0.1) is 12.3 Å². The van der Waals surface area contributed by atoms with Crippen LogP contribution in [0.5, 0.6) is 6.01 Å². The fourth-order valence-electron chi connectivity index (χ4n) is 3.97. The Kier molecular flexibility index (Phi) is 5.30. The Bertz CT molecular complexity index is 1530. The summed E-state index contributed by atoms with van der Waals surface area (Å²) in [7, 11) is 0. The summed E-state index contributed by atoms with van der Waals surface area (Å²) in [6.45, 7) is 8.61. The minimum Gasteiger partial charge on any atom is -0.465 e. The summed E-state index contributed by atoms with van der Waals surface area (Å²) >= 11 is 0.992. The third kappa shape index (κ3) is 3.62. The highest BCUT2D eigenvalue weighted by molar-refractivity contribution is 7.03. The van der Waals surface area contributed by atoms with Crippen molar-refractivity contribution in [3.63, 3.8) is 0 Å². The van der Waals surface area contributed by atoms with Crippen molar-refractivity contribution in [2.45, 2.75) is 27.7 Å². The third-order valence-electron chi connectivity index (χ3n) is 5.89. The van der Waals surface area contributed by atoms with Crippen LogP contribution in [0.4, 0.5) is 0 Å². The number of rotatable bonds is 5. The first kappa shape index (κ1) is 21.1. The molecule has 8 heteroatoms. The Morgan fingerprint density at radius 2 is 1.67 bits per heavy atom. The van der Waals surface area contributed by atoms with Crippen molar-refractivity contribution in [1.82, 2.24) is 23.9 Å². The van der Waals surface area contributed by atoms with Crippen LogP contribution in [-0.2, 0) is 0 Å². The van der Waals surface area contributed by atoms with Gasteiger partial charge < -0.3 is 4.74 Å². The number of hydrogen-bond donors (Lipinski definition) is 1. The van der Waals surface area contributed by atoms with Gasteiger partial charge in [0.25, 0.3) is 0 Å². The maximum Gasteiger partial charge on any atom is 0.344 e. The van der Waals surface area contributed by atoms with E-state index in [1.54, 1.807) is 0 Å². The van der Waals surface area contributed by atoms with E-state index in [4.69, 9.17) is 14.7 Å². The number of nitrogens with zero attached hydrogens (tertiary/aromatic N) is 4. The van der Waals surface area contributed by atoms with Gasteiger partial charge in [-0.3, -0.25) is 9.17 Å². The van der Waals surface area contributed by atoms with Crippen molar-refractivity contribution >= 4 is 22.7 Å². The Morgan fingerprint density at radius 1 is 0.939 bits per heavy atom. The van der Waals surface area contributed by atoms with Gasteiger partial charge in [0.2, 0.25) is 0 Å². The second-order valence-electron chi connectivity index (χ2n) is 7.81. The molecule has 33 heavy (non-hydrogen) atoms. The number of benzene rings is 2. The first-order chi connectivity index (χ1) is 16.0. The Balaban J connectivity index is 1.63. The molecular weight excluding hydrogens is 434 g/mol. The quantitative estimate of drug-likeness (QED) is 0.391. The first-order valence-electron chi connectivity index (χ1n) is 10.7. The van der Waals surface area contributed by atoms with E-state index in [1.165, 1.54) is 0 Å². The van der Waals surface area contributed by atoms with E-state index in [0.717, 1.165) is 61.9 Å². The second kappa shape index (κ2) is 8.29. The normalized spacial score (nSPS) is 11.3. The van der Waals surface area contributed by atoms with E-state index < -0.39 is 0 Å². The summed E-state index contributed by atoms with van der Waals surface area (Å²) in [5.74, 6) is 0.578. The van der Waals surface area contributed by atoms with Crippen LogP contribution in [0.1, 0.15) is 23.7 Å². The monoisotopic (exact) mass is 457 g/mol. The standard InChI is InChI=1S/C25H23N5O2S/c1-5-32-24-27-21-15(3)14(2)16(4)26-23(21)30(24)18-12-10-17(11-13-18)19-8-6-7-9-20(19)22-28-25(31)33-29-22/h6-13H,5H2,1-4H3,(H,28,29,31). The topological polar surface area (TPSA) is 85.7 Å². The lowest BCUT2D eigenvalue weighted by Gasteiger charge is -2.12. The molecule has 5 aromatic rings. The number of nitrogens with one attached hydrogen (secondary N) is 1. The second-order valence-corrected chi connectivity index (χ2v) is 8.56. The van der Waals surface area contributed by atoms with Crippen LogP contribution in [0.2, 0.25) is 0 Å². The van der Waals surface area contributed by atoms with Crippen LogP contribution in [-0.4, -0.2) is 30.5 Å². The van der Waals surface area contributed by atoms with Crippen LogP contribution in [0.3, 0.4) is 0 Å². The number of aromatic amines is 1. The fourth-order valence-corrected chi connectivity index (χ4v) is 4.45. The largest absolute Gasteiger partial charge is 0.465 e. The molecule has 0 bridgehead atoms. The molecule has 3 heterocycles. The van der Waals surface area contributed by atoms with Crippen LogP contribution in [0.15, 0.2) is 53.3 Å². The van der Waals surface area contributed by atoms with Gasteiger partial charge in [0.15, 0.2) is 11.5 Å². The van der Waals surface area contributed by atoms with Crippen LogP contribution >= 0.6 is 11.5 Å². The number of aryl methyl sites for hydroxylation is 2. The average molecular weight is 458 g/mol. The van der Waals surface area contributed by atoms with E-state index in [1.807, 2.05) is 66.9 Å². The van der Waals surface area contributed by atoms with Crippen molar-refractivity contribution in [3.05, 3.63) is 75.0 Å². The molecule has 0 saturated heterocycles. The van der Waals surface area contributed by atoms with Gasteiger partial charge in [-0.15, -0.1) is 0 Å². The maximum atomic E-state index is 11.6. The van der Waals surface area contributed by atoms with E-state index in [0.29, 0.717) is 18.4 Å². The van der Waals surface area contributed by atoms with Gasteiger partial charge >= 0.3 is 10.9 Å². The van der Waals surface area contributed by atoms with Crippen LogP contribution in [0, 0.1) is 20.8 Å². The number of aromatic nitrogens is 5. The highest BCUT2D eigenvalue weighted by Crippen LogP contribution is 2.33. The summed E-state index contributed by atoms with van der Waals surface area (Å²) in [6.07, 6.45) is 0. The molecule has 0 saturated carbocycles. The molecule has 0 atom stereocenters. The summed E-state index contributed by atoms with van der Waals surface area (Å²) in [6, 6.07) is 16.6. The average Bonchev–Trinajstić information content (AvgIpc) is 3.41. The van der Waals surface area contributed by atoms with Crippen molar-refractivity contribution < 1.29 is 4.74 Å². The molecule has 0 aliphatic carbocycles. The number of imidazole rings is 1. The Labute approximate surface area is 194 Å². The van der Waals surface area contributed by atoms with Gasteiger partial charge in [-0.1, -0.05) is 36.4 Å². The molecule has 5 rings (SSSR count). The lowest BCUT2D eigenvalue weighted by Crippen LogP contribution is -2.03. The summed E-state index contributed by atoms with van der Waals surface area (Å²) < 4.78 is 10.8. The third-order valence-corrected chi connectivity index (χ3v) is 6.45. The van der Waals surface area contributed by atoms with Gasteiger partial charge in [0, 0.05) is 22.8 Å². The smallest absolute Gasteiger partial charge is 0.344 e. The molecule has 0 fully saturated rings. The summed E-state index contributed by atoms with van der Waals surface area (Å²) in [4.78, 5) is 25.0. The predicted octanol–water partition coefficient (Wildman–Crippen LogP) is 5.22. The van der Waals surface area contributed by atoms with E-state index in [2.05, 4.69) is 23.2 Å². The van der Waals surface area contributed by atoms with Gasteiger partial charge in [-0.05, 0) is 62.1 Å². The van der Waals surface area contributed by atoms with Gasteiger partial charge in [0.1, 0.15) is 5.52 Å². The molecule has 1 N–H and O–H groups in total. The summed E-state index contributed by atoms with van der Waals surface area (Å²) in [5, 5.41) is 0. The SMILES string of the molecule is CCOc1nc2c(C)c(C)c(C)nc2n1-c1ccc(-c2ccccc2-c2nc(=O)s[nH]2)cc1. The Hall–Kier alpha value is -3.78. The highest BCUT2D eigenvalue weighted by Gasteiger charge is 2.19. The molecule has 0 radical (unpaired) electrons. The zero-order chi connectivity index (χ0) is 23.1. The molecule has 166 valence electrons. The predicted molar refractivity (Wildman–Crippen MR) is 131 cm³/mol. The first-order valence-corrected chi connectivity index (χ1v) is 11.5. The van der Waals surface area contributed by atoms with Crippen molar-refractivity contribution in [3.8, 4) is 34.2 Å². The Morgan fingerprint density at radius 3 is 2.33 bits per heavy atom. The number of hydrogen-bond acceptors (Lipinski definition) is 6. The van der Waals surface area contributed by atoms with Crippen molar-refractivity contribution in [2.24, 2.45) is 0 Å². The molecule has 3 aromatic heterocycles. The molecule has 0 unspecified atom stereocenters. The van der Waals surface area contributed by atoms with E-state index in [9.17, 15) is 4.79 Å². The van der Waals surface area contributed by atoms with Crippen LogP contribution in [0.25, 0.3) is 39.4 Å². The molecule has 2 aromatic carbocycles. The molecule has 0 amide bonds. The van der Waals surface area contributed by atoms with E-state index in [-0.39, 0.29) is 4.87 Å². The number of ether oxygens (including phenoxy) is 1. The van der Waals surface area contributed by atoms with Gasteiger partial charge in [-0.2, -0.15) is 9.97 Å². The highest BCUT2D eigenvalue weighted by atomic mass is 32.1. The molecular formula is C25H23N5O2S. The zero-order valence-corrected chi connectivity index (χ0v) is 19.7. The van der Waals surface area contributed by atoms with E-state index >= 15 is 0 Å². The number of H-pyrrole nitrogens is 1. The summed E-state index contributed by atoms with van der Waals surface area (Å²) in [5.41, 5.74) is 8.67. The lowest BCUT2D eigenvalue weighted by atomic mass is 9.99. The minimum absolute atomic E-state index is 0.237.